The summed E-state index contributed by atoms with van der Waals surface area (Å²) in [6.07, 6.45) is 3.71. The largest absolute Gasteiger partial charge is 0.372 e. The van der Waals surface area contributed by atoms with Gasteiger partial charge in [0.25, 0.3) is 0 Å². The molecule has 0 aromatic rings. The second-order valence-electron chi connectivity index (χ2n) is 6.05. The van der Waals surface area contributed by atoms with Crippen LogP contribution < -0.4 is 5.32 Å². The van der Waals surface area contributed by atoms with Crippen molar-refractivity contribution in [3.8, 4) is 0 Å². The van der Waals surface area contributed by atoms with Crippen LogP contribution in [0.3, 0.4) is 0 Å². The lowest BCUT2D eigenvalue weighted by Gasteiger charge is -2.25. The molecule has 0 aromatic heterocycles. The smallest absolute Gasteiger partial charge is 0.320 e. The van der Waals surface area contributed by atoms with E-state index in [0.717, 1.165) is 38.9 Å². The maximum atomic E-state index is 12.3. The van der Waals surface area contributed by atoms with E-state index < -0.39 is 0 Å². The van der Waals surface area contributed by atoms with Gasteiger partial charge in [0.1, 0.15) is 0 Å². The number of hydrogen-bond acceptors (Lipinski definition) is 3. The SMILES string of the molecule is CNC(=O)C[C@H]1C[C@H]2CN(C(=O)N3CCCC3)C[C@H]2O1. The highest BCUT2D eigenvalue weighted by molar-refractivity contribution is 5.76. The monoisotopic (exact) mass is 281 g/mol. The summed E-state index contributed by atoms with van der Waals surface area (Å²) in [5.41, 5.74) is 0. The summed E-state index contributed by atoms with van der Waals surface area (Å²) in [4.78, 5) is 27.6. The Morgan fingerprint density at radius 1 is 1.20 bits per heavy atom. The Kier molecular flexibility index (Phi) is 3.83. The predicted octanol–water partition coefficient (Wildman–Crippen LogP) is 0.428. The molecule has 3 rings (SSSR count). The molecule has 3 amide bonds. The van der Waals surface area contributed by atoms with Crippen molar-refractivity contribution in [3.05, 3.63) is 0 Å². The maximum Gasteiger partial charge on any atom is 0.320 e. The van der Waals surface area contributed by atoms with Gasteiger partial charge in [0.15, 0.2) is 0 Å². The van der Waals surface area contributed by atoms with Crippen LogP contribution in [0.1, 0.15) is 25.7 Å². The average molecular weight is 281 g/mol. The first-order valence-electron chi connectivity index (χ1n) is 7.57. The van der Waals surface area contributed by atoms with Crippen molar-refractivity contribution in [2.24, 2.45) is 5.92 Å². The third kappa shape index (κ3) is 2.61. The molecule has 0 aliphatic carbocycles. The molecule has 0 bridgehead atoms. The molecule has 3 fully saturated rings. The maximum absolute atomic E-state index is 12.3. The molecule has 112 valence electrons. The fraction of sp³-hybridized carbons (Fsp3) is 0.857. The zero-order valence-corrected chi connectivity index (χ0v) is 12.0. The van der Waals surface area contributed by atoms with Gasteiger partial charge in [-0.05, 0) is 19.3 Å². The van der Waals surface area contributed by atoms with Gasteiger partial charge in [0.2, 0.25) is 5.91 Å². The van der Waals surface area contributed by atoms with Crippen LogP contribution in [0.5, 0.6) is 0 Å². The normalized spacial score (nSPS) is 32.5. The molecule has 3 heterocycles. The van der Waals surface area contributed by atoms with E-state index in [1.165, 1.54) is 0 Å². The van der Waals surface area contributed by atoms with E-state index in [0.29, 0.717) is 18.9 Å². The van der Waals surface area contributed by atoms with E-state index in [4.69, 9.17) is 4.74 Å². The molecule has 20 heavy (non-hydrogen) atoms. The highest BCUT2D eigenvalue weighted by Crippen LogP contribution is 2.34. The Hall–Kier alpha value is -1.30. The quantitative estimate of drug-likeness (QED) is 0.798. The molecule has 1 N–H and O–H groups in total. The first-order chi connectivity index (χ1) is 9.67. The van der Waals surface area contributed by atoms with Gasteiger partial charge in [-0.1, -0.05) is 0 Å². The minimum Gasteiger partial charge on any atom is -0.372 e. The predicted molar refractivity (Wildman–Crippen MR) is 73.2 cm³/mol. The van der Waals surface area contributed by atoms with Gasteiger partial charge in [-0.15, -0.1) is 0 Å². The lowest BCUT2D eigenvalue weighted by molar-refractivity contribution is -0.123. The number of fused-ring (bicyclic) bond motifs is 1. The topological polar surface area (TPSA) is 61.9 Å². The van der Waals surface area contributed by atoms with Crippen LogP contribution in [-0.2, 0) is 9.53 Å². The molecular formula is C14H23N3O3. The summed E-state index contributed by atoms with van der Waals surface area (Å²) in [6.45, 7) is 3.25. The molecule has 0 spiro atoms. The van der Waals surface area contributed by atoms with Gasteiger partial charge in [0, 0.05) is 39.1 Å². The third-order valence-electron chi connectivity index (χ3n) is 4.65. The summed E-state index contributed by atoms with van der Waals surface area (Å²) in [5, 5.41) is 2.63. The van der Waals surface area contributed by atoms with Crippen LogP contribution >= 0.6 is 0 Å². The fourth-order valence-electron chi connectivity index (χ4n) is 3.57. The highest BCUT2D eigenvalue weighted by atomic mass is 16.5. The molecule has 0 saturated carbocycles. The van der Waals surface area contributed by atoms with Crippen molar-refractivity contribution in [3.63, 3.8) is 0 Å². The minimum atomic E-state index is 0.0222. The van der Waals surface area contributed by atoms with E-state index in [1.807, 2.05) is 9.80 Å². The molecular weight excluding hydrogens is 258 g/mol. The molecule has 3 aliphatic heterocycles. The van der Waals surface area contributed by atoms with E-state index in [2.05, 4.69) is 5.32 Å². The molecule has 6 nitrogen and oxygen atoms in total. The minimum absolute atomic E-state index is 0.0222. The lowest BCUT2D eigenvalue weighted by Crippen LogP contribution is -2.41. The molecule has 0 unspecified atom stereocenters. The number of carbonyl (C=O) groups is 2. The number of rotatable bonds is 2. The Balaban J connectivity index is 1.50. The van der Waals surface area contributed by atoms with Crippen molar-refractivity contribution < 1.29 is 14.3 Å². The van der Waals surface area contributed by atoms with Crippen molar-refractivity contribution in [2.45, 2.75) is 37.9 Å². The molecule has 6 heteroatoms. The lowest BCUT2D eigenvalue weighted by atomic mass is 10.0. The zero-order valence-electron chi connectivity index (χ0n) is 12.0. The van der Waals surface area contributed by atoms with Crippen LogP contribution in [0.25, 0.3) is 0 Å². The summed E-state index contributed by atoms with van der Waals surface area (Å²) in [5.74, 6) is 0.427. The number of nitrogens with one attached hydrogen (secondary N) is 1. The number of amides is 3. The van der Waals surface area contributed by atoms with Gasteiger partial charge >= 0.3 is 6.03 Å². The van der Waals surface area contributed by atoms with Crippen molar-refractivity contribution in [1.82, 2.24) is 15.1 Å². The van der Waals surface area contributed by atoms with Crippen LogP contribution in [-0.4, -0.2) is 67.2 Å². The van der Waals surface area contributed by atoms with E-state index in [1.54, 1.807) is 7.05 Å². The third-order valence-corrected chi connectivity index (χ3v) is 4.65. The van der Waals surface area contributed by atoms with Crippen molar-refractivity contribution in [1.29, 1.82) is 0 Å². The van der Waals surface area contributed by atoms with Gasteiger partial charge in [-0.2, -0.15) is 0 Å². The van der Waals surface area contributed by atoms with Crippen LogP contribution in [0.2, 0.25) is 0 Å². The Labute approximate surface area is 119 Å². The highest BCUT2D eigenvalue weighted by Gasteiger charge is 2.44. The standard InChI is InChI=1S/C14H23N3O3/c1-15-13(18)7-11-6-10-8-17(9-12(10)20-11)14(19)16-4-2-3-5-16/h10-12H,2-9H2,1H3,(H,15,18)/t10-,11+,12+/m0/s1. The van der Waals surface area contributed by atoms with Gasteiger partial charge < -0.3 is 19.9 Å². The number of likely N-dealkylation sites (tertiary alicyclic amines) is 2. The van der Waals surface area contributed by atoms with Crippen LogP contribution in [0.4, 0.5) is 4.79 Å². The van der Waals surface area contributed by atoms with Crippen LogP contribution in [0, 0.1) is 5.92 Å². The number of urea groups is 1. The summed E-state index contributed by atoms with van der Waals surface area (Å²) < 4.78 is 5.93. The second-order valence-corrected chi connectivity index (χ2v) is 6.05. The second kappa shape index (κ2) is 5.60. The van der Waals surface area contributed by atoms with Crippen molar-refractivity contribution >= 4 is 11.9 Å². The van der Waals surface area contributed by atoms with E-state index >= 15 is 0 Å². The number of carbonyl (C=O) groups excluding carboxylic acids is 2. The van der Waals surface area contributed by atoms with Gasteiger partial charge in [-0.3, -0.25) is 4.79 Å². The first kappa shape index (κ1) is 13.7. The average Bonchev–Trinajstić information content (AvgIpc) is 3.12. The number of hydrogen-bond donors (Lipinski definition) is 1. The van der Waals surface area contributed by atoms with E-state index in [9.17, 15) is 9.59 Å². The Morgan fingerprint density at radius 2 is 1.95 bits per heavy atom. The molecule has 3 aliphatic rings. The Bertz CT molecular complexity index is 381. The van der Waals surface area contributed by atoms with E-state index in [-0.39, 0.29) is 24.1 Å². The molecule has 3 atom stereocenters. The van der Waals surface area contributed by atoms with Gasteiger partial charge in [-0.25, -0.2) is 4.79 Å². The van der Waals surface area contributed by atoms with Crippen LogP contribution in [0.15, 0.2) is 0 Å². The molecule has 0 aromatic carbocycles. The molecule has 0 radical (unpaired) electrons. The summed E-state index contributed by atoms with van der Waals surface area (Å²) >= 11 is 0. The fourth-order valence-corrected chi connectivity index (χ4v) is 3.57. The van der Waals surface area contributed by atoms with Gasteiger partial charge in [0.05, 0.1) is 18.6 Å². The Morgan fingerprint density at radius 3 is 2.60 bits per heavy atom. The number of nitrogens with zero attached hydrogens (tertiary/aromatic N) is 2. The summed E-state index contributed by atoms with van der Waals surface area (Å²) in [6, 6.07) is 0.170. The zero-order chi connectivity index (χ0) is 14.1. The number of ether oxygens (including phenoxy) is 1. The van der Waals surface area contributed by atoms with Crippen molar-refractivity contribution in [2.75, 3.05) is 33.2 Å². The molecule has 3 saturated heterocycles. The summed E-state index contributed by atoms with van der Waals surface area (Å²) in [7, 11) is 1.65. The first-order valence-corrected chi connectivity index (χ1v) is 7.57.